The van der Waals surface area contributed by atoms with E-state index in [0.717, 1.165) is 12.1 Å². The lowest BCUT2D eigenvalue weighted by Gasteiger charge is -2.17. The average molecular weight is 290 g/mol. The van der Waals surface area contributed by atoms with E-state index in [1.807, 2.05) is 6.92 Å². The van der Waals surface area contributed by atoms with Crippen molar-refractivity contribution in [1.82, 2.24) is 9.78 Å². The SMILES string of the molecule is Cc1c(C(=O)N(C)c2ccc(F)cc2)cnn1CCCN. The van der Waals surface area contributed by atoms with Crippen molar-refractivity contribution in [2.24, 2.45) is 5.73 Å². The van der Waals surface area contributed by atoms with Gasteiger partial charge in [0.15, 0.2) is 0 Å². The van der Waals surface area contributed by atoms with E-state index in [1.165, 1.54) is 17.0 Å². The van der Waals surface area contributed by atoms with Gasteiger partial charge in [0.05, 0.1) is 11.8 Å². The number of aryl methyl sites for hydroxylation is 1. The first-order chi connectivity index (χ1) is 10.0. The predicted molar refractivity (Wildman–Crippen MR) is 79.8 cm³/mol. The van der Waals surface area contributed by atoms with Crippen molar-refractivity contribution in [2.75, 3.05) is 18.5 Å². The molecule has 21 heavy (non-hydrogen) atoms. The molecule has 0 fully saturated rings. The molecule has 2 aromatic rings. The van der Waals surface area contributed by atoms with Crippen molar-refractivity contribution in [3.8, 4) is 0 Å². The molecule has 0 saturated heterocycles. The summed E-state index contributed by atoms with van der Waals surface area (Å²) in [5, 5.41) is 4.22. The molecule has 0 spiro atoms. The number of rotatable bonds is 5. The van der Waals surface area contributed by atoms with Crippen LogP contribution in [-0.4, -0.2) is 29.3 Å². The summed E-state index contributed by atoms with van der Waals surface area (Å²) < 4.78 is 14.7. The van der Waals surface area contributed by atoms with Crippen molar-refractivity contribution in [2.45, 2.75) is 19.9 Å². The number of benzene rings is 1. The van der Waals surface area contributed by atoms with Crippen LogP contribution >= 0.6 is 0 Å². The second-order valence-corrected chi connectivity index (χ2v) is 4.85. The van der Waals surface area contributed by atoms with Gasteiger partial charge < -0.3 is 10.6 Å². The lowest BCUT2D eigenvalue weighted by Crippen LogP contribution is -2.26. The molecule has 2 rings (SSSR count). The summed E-state index contributed by atoms with van der Waals surface area (Å²) in [4.78, 5) is 14.0. The summed E-state index contributed by atoms with van der Waals surface area (Å²) >= 11 is 0. The van der Waals surface area contributed by atoms with Gasteiger partial charge in [-0.3, -0.25) is 9.48 Å². The third-order valence-corrected chi connectivity index (χ3v) is 3.43. The fourth-order valence-corrected chi connectivity index (χ4v) is 2.09. The molecule has 0 aliphatic rings. The van der Waals surface area contributed by atoms with Crippen LogP contribution in [0, 0.1) is 12.7 Å². The van der Waals surface area contributed by atoms with Gasteiger partial charge >= 0.3 is 0 Å². The molecule has 2 N–H and O–H groups in total. The highest BCUT2D eigenvalue weighted by atomic mass is 19.1. The van der Waals surface area contributed by atoms with Crippen molar-refractivity contribution >= 4 is 11.6 Å². The Labute approximate surface area is 123 Å². The first-order valence-corrected chi connectivity index (χ1v) is 6.80. The zero-order valence-electron chi connectivity index (χ0n) is 12.2. The van der Waals surface area contributed by atoms with Gasteiger partial charge in [0.2, 0.25) is 0 Å². The number of anilines is 1. The van der Waals surface area contributed by atoms with Crippen LogP contribution in [0.3, 0.4) is 0 Å². The fraction of sp³-hybridized carbons (Fsp3) is 0.333. The zero-order valence-corrected chi connectivity index (χ0v) is 12.2. The summed E-state index contributed by atoms with van der Waals surface area (Å²) in [6.45, 7) is 3.13. The minimum absolute atomic E-state index is 0.168. The largest absolute Gasteiger partial charge is 0.330 e. The van der Waals surface area contributed by atoms with Crippen molar-refractivity contribution in [3.63, 3.8) is 0 Å². The van der Waals surface area contributed by atoms with Crippen LogP contribution in [0.2, 0.25) is 0 Å². The Morgan fingerprint density at radius 1 is 1.38 bits per heavy atom. The van der Waals surface area contributed by atoms with Gasteiger partial charge in [-0.05, 0) is 44.2 Å². The van der Waals surface area contributed by atoms with E-state index in [1.54, 1.807) is 30.1 Å². The highest BCUT2D eigenvalue weighted by molar-refractivity contribution is 6.06. The molecule has 0 unspecified atom stereocenters. The summed E-state index contributed by atoms with van der Waals surface area (Å²) in [5.74, 6) is -0.497. The zero-order chi connectivity index (χ0) is 15.4. The maximum Gasteiger partial charge on any atom is 0.261 e. The van der Waals surface area contributed by atoms with Crippen LogP contribution in [0.1, 0.15) is 22.5 Å². The van der Waals surface area contributed by atoms with E-state index in [-0.39, 0.29) is 11.7 Å². The number of nitrogens with zero attached hydrogens (tertiary/aromatic N) is 3. The molecule has 1 aromatic carbocycles. The minimum atomic E-state index is -0.328. The summed E-state index contributed by atoms with van der Waals surface area (Å²) in [5.41, 5.74) is 7.47. The second kappa shape index (κ2) is 6.49. The number of hydrogen-bond acceptors (Lipinski definition) is 3. The van der Waals surface area contributed by atoms with E-state index in [9.17, 15) is 9.18 Å². The normalized spacial score (nSPS) is 10.7. The number of aromatic nitrogens is 2. The van der Waals surface area contributed by atoms with Gasteiger partial charge in [0.25, 0.3) is 5.91 Å². The third-order valence-electron chi connectivity index (χ3n) is 3.43. The highest BCUT2D eigenvalue weighted by Crippen LogP contribution is 2.18. The standard InChI is InChI=1S/C15H19FN4O/c1-11-14(10-18-20(11)9-3-8-17)15(21)19(2)13-6-4-12(16)5-7-13/h4-7,10H,3,8-9,17H2,1-2H3. The molecule has 1 heterocycles. The molecule has 0 aliphatic heterocycles. The van der Waals surface area contributed by atoms with Gasteiger partial charge in [-0.2, -0.15) is 5.10 Å². The Morgan fingerprint density at radius 3 is 2.67 bits per heavy atom. The van der Waals surface area contributed by atoms with Crippen LogP contribution in [0.4, 0.5) is 10.1 Å². The Morgan fingerprint density at radius 2 is 2.05 bits per heavy atom. The van der Waals surface area contributed by atoms with Gasteiger partial charge in [-0.1, -0.05) is 0 Å². The molecule has 0 radical (unpaired) electrons. The van der Waals surface area contributed by atoms with Gasteiger partial charge in [-0.15, -0.1) is 0 Å². The molecule has 0 aliphatic carbocycles. The second-order valence-electron chi connectivity index (χ2n) is 4.85. The average Bonchev–Trinajstić information content (AvgIpc) is 2.85. The van der Waals surface area contributed by atoms with Crippen molar-refractivity contribution in [1.29, 1.82) is 0 Å². The van der Waals surface area contributed by atoms with E-state index in [4.69, 9.17) is 5.73 Å². The predicted octanol–water partition coefficient (Wildman–Crippen LogP) is 1.96. The van der Waals surface area contributed by atoms with E-state index < -0.39 is 0 Å². The van der Waals surface area contributed by atoms with Crippen LogP contribution in [0.25, 0.3) is 0 Å². The molecule has 1 aromatic heterocycles. The maximum atomic E-state index is 12.9. The number of amides is 1. The van der Waals surface area contributed by atoms with Gasteiger partial charge in [0, 0.05) is 25.0 Å². The van der Waals surface area contributed by atoms with Crippen LogP contribution in [0.5, 0.6) is 0 Å². The number of halogens is 1. The Kier molecular flexibility index (Phi) is 4.70. The van der Waals surface area contributed by atoms with Crippen LogP contribution in [-0.2, 0) is 6.54 Å². The summed E-state index contributed by atoms with van der Waals surface area (Å²) in [6.07, 6.45) is 2.37. The van der Waals surface area contributed by atoms with Gasteiger partial charge in [0.1, 0.15) is 5.82 Å². The van der Waals surface area contributed by atoms with Crippen LogP contribution in [0.15, 0.2) is 30.5 Å². The number of carbonyl (C=O) groups excluding carboxylic acids is 1. The van der Waals surface area contributed by atoms with Gasteiger partial charge in [-0.25, -0.2) is 4.39 Å². The first kappa shape index (κ1) is 15.2. The van der Waals surface area contributed by atoms with Crippen molar-refractivity contribution < 1.29 is 9.18 Å². The Bertz CT molecular complexity index is 621. The third kappa shape index (κ3) is 3.28. The number of hydrogen-bond donors (Lipinski definition) is 1. The molecule has 6 heteroatoms. The molecule has 0 atom stereocenters. The summed E-state index contributed by atoms with van der Waals surface area (Å²) in [7, 11) is 1.66. The number of nitrogens with two attached hydrogens (primary N) is 1. The monoisotopic (exact) mass is 290 g/mol. The lowest BCUT2D eigenvalue weighted by molar-refractivity contribution is 0.0992. The molecule has 112 valence electrons. The quantitative estimate of drug-likeness (QED) is 0.915. The Balaban J connectivity index is 2.19. The molecular weight excluding hydrogens is 271 g/mol. The minimum Gasteiger partial charge on any atom is -0.330 e. The van der Waals surface area contributed by atoms with Crippen LogP contribution < -0.4 is 10.6 Å². The maximum absolute atomic E-state index is 12.9. The molecule has 5 nitrogen and oxygen atoms in total. The number of carbonyl (C=O) groups is 1. The van der Waals surface area contributed by atoms with Crippen molar-refractivity contribution in [3.05, 3.63) is 47.5 Å². The molecule has 0 bridgehead atoms. The lowest BCUT2D eigenvalue weighted by atomic mass is 10.2. The smallest absolute Gasteiger partial charge is 0.261 e. The fourth-order valence-electron chi connectivity index (χ4n) is 2.09. The molecule has 1 amide bonds. The first-order valence-electron chi connectivity index (χ1n) is 6.80. The van der Waals surface area contributed by atoms with E-state index in [2.05, 4.69) is 5.10 Å². The molecule has 0 saturated carbocycles. The summed E-state index contributed by atoms with van der Waals surface area (Å²) in [6, 6.07) is 5.80. The Hall–Kier alpha value is -2.21. The van der Waals surface area contributed by atoms with E-state index in [0.29, 0.717) is 24.3 Å². The highest BCUT2D eigenvalue weighted by Gasteiger charge is 2.19. The van der Waals surface area contributed by atoms with E-state index >= 15 is 0 Å². The molecular formula is C15H19FN4O. The topological polar surface area (TPSA) is 64.2 Å².